The normalized spacial score (nSPS) is 15.6. The van der Waals surface area contributed by atoms with Crippen LogP contribution in [0.5, 0.6) is 0 Å². The lowest BCUT2D eigenvalue weighted by Gasteiger charge is -2.28. The topological polar surface area (TPSA) is 49.0 Å². The van der Waals surface area contributed by atoms with Crippen LogP contribution in [0.2, 0.25) is 0 Å². The molecule has 0 aliphatic carbocycles. The van der Waals surface area contributed by atoms with Gasteiger partial charge in [-0.15, -0.1) is 11.3 Å². The van der Waals surface area contributed by atoms with Gasteiger partial charge in [0.05, 0.1) is 10.6 Å². The highest BCUT2D eigenvalue weighted by atomic mass is 32.1. The van der Waals surface area contributed by atoms with Gasteiger partial charge in [0.15, 0.2) is 5.82 Å². The van der Waals surface area contributed by atoms with Gasteiger partial charge in [-0.25, -0.2) is 4.98 Å². The van der Waals surface area contributed by atoms with Gasteiger partial charge in [0, 0.05) is 25.2 Å². The highest BCUT2D eigenvalue weighted by Gasteiger charge is 2.21. The maximum absolute atomic E-state index is 12.2. The van der Waals surface area contributed by atoms with E-state index in [2.05, 4.69) is 28.7 Å². The van der Waals surface area contributed by atoms with Gasteiger partial charge in [0.25, 0.3) is 5.56 Å². The van der Waals surface area contributed by atoms with Crippen molar-refractivity contribution in [1.82, 2.24) is 14.9 Å². The van der Waals surface area contributed by atoms with Crippen LogP contribution in [0.4, 0.5) is 0 Å². The SMILES string of the molecule is CC(C)CN1CCc2c(nc(-c3cccs3)[nH]c2=O)C1. The molecule has 106 valence electrons. The molecule has 20 heavy (non-hydrogen) atoms. The molecule has 0 fully saturated rings. The molecule has 0 saturated carbocycles. The molecular weight excluding hydrogens is 270 g/mol. The number of nitrogens with one attached hydrogen (secondary N) is 1. The maximum atomic E-state index is 12.2. The number of nitrogens with zero attached hydrogens (tertiary/aromatic N) is 2. The molecule has 0 aromatic carbocycles. The van der Waals surface area contributed by atoms with Crippen molar-refractivity contribution in [2.75, 3.05) is 13.1 Å². The lowest BCUT2D eigenvalue weighted by molar-refractivity contribution is 0.222. The molecule has 1 aliphatic heterocycles. The Morgan fingerprint density at radius 3 is 3.05 bits per heavy atom. The van der Waals surface area contributed by atoms with Crippen molar-refractivity contribution in [1.29, 1.82) is 0 Å². The number of aromatic amines is 1. The molecule has 1 aliphatic rings. The van der Waals surface area contributed by atoms with E-state index in [-0.39, 0.29) is 5.56 Å². The first-order valence-corrected chi connectivity index (χ1v) is 7.89. The third-order valence-corrected chi connectivity index (χ3v) is 4.41. The van der Waals surface area contributed by atoms with Crippen LogP contribution in [0.25, 0.3) is 10.7 Å². The van der Waals surface area contributed by atoms with Crippen molar-refractivity contribution in [3.63, 3.8) is 0 Å². The summed E-state index contributed by atoms with van der Waals surface area (Å²) in [6, 6.07) is 3.97. The average molecular weight is 289 g/mol. The molecule has 0 bridgehead atoms. The summed E-state index contributed by atoms with van der Waals surface area (Å²) in [6.45, 7) is 7.24. The molecule has 2 aromatic rings. The van der Waals surface area contributed by atoms with Crippen LogP contribution in [0.3, 0.4) is 0 Å². The van der Waals surface area contributed by atoms with E-state index in [1.807, 2.05) is 17.5 Å². The lowest BCUT2D eigenvalue weighted by atomic mass is 10.0. The molecule has 0 atom stereocenters. The van der Waals surface area contributed by atoms with Crippen LogP contribution >= 0.6 is 11.3 Å². The smallest absolute Gasteiger partial charge is 0.254 e. The summed E-state index contributed by atoms with van der Waals surface area (Å²) in [5.41, 5.74) is 1.84. The number of hydrogen-bond donors (Lipinski definition) is 1. The molecule has 4 nitrogen and oxygen atoms in total. The van der Waals surface area contributed by atoms with E-state index in [0.29, 0.717) is 11.7 Å². The first kappa shape index (κ1) is 13.5. The quantitative estimate of drug-likeness (QED) is 0.944. The molecule has 0 spiro atoms. The Morgan fingerprint density at radius 1 is 1.50 bits per heavy atom. The molecule has 0 unspecified atom stereocenters. The monoisotopic (exact) mass is 289 g/mol. The zero-order valence-corrected chi connectivity index (χ0v) is 12.7. The standard InChI is InChI=1S/C15H19N3OS/c1-10(2)8-18-6-5-11-12(9-18)16-14(17-15(11)19)13-4-3-7-20-13/h3-4,7,10H,5-6,8-9H2,1-2H3,(H,16,17,19). The highest BCUT2D eigenvalue weighted by molar-refractivity contribution is 7.13. The molecule has 1 N–H and O–H groups in total. The number of fused-ring (bicyclic) bond motifs is 1. The van der Waals surface area contributed by atoms with Gasteiger partial charge in [-0.2, -0.15) is 0 Å². The molecule has 5 heteroatoms. The Morgan fingerprint density at radius 2 is 2.35 bits per heavy atom. The summed E-state index contributed by atoms with van der Waals surface area (Å²) in [4.78, 5) is 23.2. The van der Waals surface area contributed by atoms with E-state index in [0.717, 1.165) is 42.2 Å². The second-order valence-electron chi connectivity index (χ2n) is 5.70. The lowest BCUT2D eigenvalue weighted by Crippen LogP contribution is -2.37. The molecule has 3 rings (SSSR count). The van der Waals surface area contributed by atoms with Gasteiger partial charge >= 0.3 is 0 Å². The summed E-state index contributed by atoms with van der Waals surface area (Å²) < 4.78 is 0. The summed E-state index contributed by atoms with van der Waals surface area (Å²) in [7, 11) is 0. The summed E-state index contributed by atoms with van der Waals surface area (Å²) in [5, 5.41) is 2.00. The van der Waals surface area contributed by atoms with Crippen molar-refractivity contribution in [3.8, 4) is 10.7 Å². The largest absolute Gasteiger partial charge is 0.306 e. The zero-order valence-electron chi connectivity index (χ0n) is 11.8. The number of H-pyrrole nitrogens is 1. The van der Waals surface area contributed by atoms with Crippen LogP contribution in [-0.4, -0.2) is 28.0 Å². The highest BCUT2D eigenvalue weighted by Crippen LogP contribution is 2.22. The minimum Gasteiger partial charge on any atom is -0.306 e. The van der Waals surface area contributed by atoms with E-state index in [4.69, 9.17) is 0 Å². The van der Waals surface area contributed by atoms with E-state index < -0.39 is 0 Å². The first-order valence-electron chi connectivity index (χ1n) is 7.02. The molecular formula is C15H19N3OS. The Balaban J connectivity index is 1.94. The average Bonchev–Trinajstić information content (AvgIpc) is 2.91. The Bertz CT molecular complexity index is 646. The molecule has 0 saturated heterocycles. The minimum absolute atomic E-state index is 0.0302. The van der Waals surface area contributed by atoms with Crippen LogP contribution in [-0.2, 0) is 13.0 Å². The van der Waals surface area contributed by atoms with E-state index in [9.17, 15) is 4.79 Å². The fourth-order valence-electron chi connectivity index (χ4n) is 2.70. The molecule has 0 amide bonds. The predicted octanol–water partition coefficient (Wildman–Crippen LogP) is 2.51. The summed E-state index contributed by atoms with van der Waals surface area (Å²) >= 11 is 1.60. The number of hydrogen-bond acceptors (Lipinski definition) is 4. The first-order chi connectivity index (χ1) is 9.63. The fraction of sp³-hybridized carbons (Fsp3) is 0.467. The predicted molar refractivity (Wildman–Crippen MR) is 82.0 cm³/mol. The molecule has 2 aromatic heterocycles. The Hall–Kier alpha value is -1.46. The van der Waals surface area contributed by atoms with Gasteiger partial charge in [0.1, 0.15) is 0 Å². The summed E-state index contributed by atoms with van der Waals surface area (Å²) in [6.07, 6.45) is 0.801. The minimum atomic E-state index is 0.0302. The third kappa shape index (κ3) is 2.69. The van der Waals surface area contributed by atoms with Crippen LogP contribution in [0.1, 0.15) is 25.1 Å². The molecule has 3 heterocycles. The number of aromatic nitrogens is 2. The maximum Gasteiger partial charge on any atom is 0.254 e. The number of rotatable bonds is 3. The second kappa shape index (κ2) is 5.50. The van der Waals surface area contributed by atoms with Crippen LogP contribution in [0, 0.1) is 5.92 Å². The van der Waals surface area contributed by atoms with E-state index in [1.165, 1.54) is 0 Å². The third-order valence-electron chi connectivity index (χ3n) is 3.53. The fourth-order valence-corrected chi connectivity index (χ4v) is 3.37. The van der Waals surface area contributed by atoms with Gasteiger partial charge in [-0.05, 0) is 23.8 Å². The van der Waals surface area contributed by atoms with Gasteiger partial charge < -0.3 is 4.98 Å². The van der Waals surface area contributed by atoms with Crippen molar-refractivity contribution in [3.05, 3.63) is 39.1 Å². The zero-order chi connectivity index (χ0) is 14.1. The van der Waals surface area contributed by atoms with Crippen LogP contribution in [0.15, 0.2) is 22.3 Å². The summed E-state index contributed by atoms with van der Waals surface area (Å²) in [5.74, 6) is 1.34. The second-order valence-corrected chi connectivity index (χ2v) is 6.64. The van der Waals surface area contributed by atoms with Gasteiger partial charge in [0.2, 0.25) is 0 Å². The Kier molecular flexibility index (Phi) is 3.72. The van der Waals surface area contributed by atoms with E-state index in [1.54, 1.807) is 11.3 Å². The van der Waals surface area contributed by atoms with Crippen molar-refractivity contribution in [2.45, 2.75) is 26.8 Å². The van der Waals surface area contributed by atoms with E-state index >= 15 is 0 Å². The van der Waals surface area contributed by atoms with Crippen LogP contribution < -0.4 is 5.56 Å². The molecule has 0 radical (unpaired) electrons. The van der Waals surface area contributed by atoms with Gasteiger partial charge in [-0.1, -0.05) is 19.9 Å². The Labute approximate surface area is 122 Å². The van der Waals surface area contributed by atoms with Crippen molar-refractivity contribution in [2.24, 2.45) is 5.92 Å². The van der Waals surface area contributed by atoms with Crippen molar-refractivity contribution >= 4 is 11.3 Å². The van der Waals surface area contributed by atoms with Gasteiger partial charge in [-0.3, -0.25) is 9.69 Å². The van der Waals surface area contributed by atoms with Crippen molar-refractivity contribution < 1.29 is 0 Å². The number of thiophene rings is 1.